The van der Waals surface area contributed by atoms with Gasteiger partial charge in [-0.15, -0.1) is 0 Å². The van der Waals surface area contributed by atoms with Crippen LogP contribution in [-0.4, -0.2) is 46.7 Å². The zero-order valence-electron chi connectivity index (χ0n) is 22.7. The second-order valence-corrected chi connectivity index (χ2v) is 11.2. The molecule has 3 aliphatic rings. The number of hydrogen-bond acceptors (Lipinski definition) is 5. The van der Waals surface area contributed by atoms with E-state index in [1.807, 2.05) is 12.1 Å². The van der Waals surface area contributed by atoms with Crippen LogP contribution in [0, 0.1) is 5.92 Å². The molecule has 206 valence electrons. The van der Waals surface area contributed by atoms with E-state index in [1.165, 1.54) is 30.4 Å². The Labute approximate surface area is 235 Å². The van der Waals surface area contributed by atoms with Crippen molar-refractivity contribution < 1.29 is 19.1 Å². The van der Waals surface area contributed by atoms with E-state index in [0.717, 1.165) is 36.7 Å². The number of amides is 3. The molecule has 6 rings (SSSR count). The van der Waals surface area contributed by atoms with Crippen LogP contribution in [0.4, 0.5) is 0 Å². The summed E-state index contributed by atoms with van der Waals surface area (Å²) in [6.07, 6.45) is 4.25. The summed E-state index contributed by atoms with van der Waals surface area (Å²) in [5.74, 6) is 0.538. The average Bonchev–Trinajstić information content (AvgIpc) is 3.31. The van der Waals surface area contributed by atoms with Gasteiger partial charge in [-0.3, -0.25) is 24.6 Å². The molecule has 0 bridgehead atoms. The predicted molar refractivity (Wildman–Crippen MR) is 151 cm³/mol. The first-order valence-electron chi connectivity index (χ1n) is 14.3. The van der Waals surface area contributed by atoms with Gasteiger partial charge in [0.1, 0.15) is 18.4 Å². The molecule has 0 spiro atoms. The lowest BCUT2D eigenvalue weighted by molar-refractivity contribution is -0.136. The quantitative estimate of drug-likeness (QED) is 0.429. The third-order valence-corrected chi connectivity index (χ3v) is 8.44. The Balaban J connectivity index is 1.01. The van der Waals surface area contributed by atoms with Gasteiger partial charge in [0.05, 0.1) is 6.54 Å². The molecule has 3 aliphatic heterocycles. The van der Waals surface area contributed by atoms with Crippen molar-refractivity contribution in [1.29, 1.82) is 0 Å². The molecule has 3 aromatic rings. The molecule has 3 heterocycles. The summed E-state index contributed by atoms with van der Waals surface area (Å²) in [5, 5.41) is 2.35. The van der Waals surface area contributed by atoms with Crippen LogP contribution in [0.3, 0.4) is 0 Å². The predicted octanol–water partition coefficient (Wildman–Crippen LogP) is 4.48. The maximum Gasteiger partial charge on any atom is 0.255 e. The van der Waals surface area contributed by atoms with E-state index < -0.39 is 11.9 Å². The highest BCUT2D eigenvalue weighted by atomic mass is 16.5. The van der Waals surface area contributed by atoms with Crippen LogP contribution < -0.4 is 10.1 Å². The second-order valence-electron chi connectivity index (χ2n) is 11.2. The first-order valence-corrected chi connectivity index (χ1v) is 14.3. The van der Waals surface area contributed by atoms with Crippen molar-refractivity contribution in [1.82, 2.24) is 15.1 Å². The number of benzene rings is 3. The lowest BCUT2D eigenvalue weighted by Crippen LogP contribution is -2.52. The molecule has 2 fully saturated rings. The van der Waals surface area contributed by atoms with Gasteiger partial charge in [-0.05, 0) is 73.5 Å². The normalized spacial score (nSPS) is 19.9. The van der Waals surface area contributed by atoms with E-state index in [-0.39, 0.29) is 18.2 Å². The van der Waals surface area contributed by atoms with Crippen LogP contribution >= 0.6 is 0 Å². The zero-order chi connectivity index (χ0) is 27.5. The first-order chi connectivity index (χ1) is 19.5. The van der Waals surface area contributed by atoms with Crippen molar-refractivity contribution in [3.63, 3.8) is 0 Å². The van der Waals surface area contributed by atoms with E-state index in [4.69, 9.17) is 4.74 Å². The number of likely N-dealkylation sites (tertiary alicyclic amines) is 1. The van der Waals surface area contributed by atoms with E-state index in [1.54, 1.807) is 11.0 Å². The molecule has 7 nitrogen and oxygen atoms in total. The Morgan fingerprint density at radius 1 is 0.800 bits per heavy atom. The fourth-order valence-corrected chi connectivity index (χ4v) is 6.15. The van der Waals surface area contributed by atoms with Crippen LogP contribution in [0.5, 0.6) is 5.75 Å². The third-order valence-electron chi connectivity index (χ3n) is 8.44. The Morgan fingerprint density at radius 3 is 2.30 bits per heavy atom. The molecule has 1 N–H and O–H groups in total. The topological polar surface area (TPSA) is 79.0 Å². The molecular weight excluding hydrogens is 502 g/mol. The molecule has 0 aromatic heterocycles. The number of imide groups is 1. The number of carbonyl (C=O) groups excluding carboxylic acids is 3. The molecule has 1 unspecified atom stereocenters. The number of carbonyl (C=O) groups is 3. The fraction of sp³-hybridized carbons (Fsp3) is 0.364. The lowest BCUT2D eigenvalue weighted by atomic mass is 9.90. The van der Waals surface area contributed by atoms with Crippen molar-refractivity contribution >= 4 is 17.7 Å². The molecule has 0 radical (unpaired) electrons. The molecule has 7 heteroatoms. The molecule has 3 aromatic carbocycles. The number of nitrogens with one attached hydrogen (secondary N) is 1. The molecule has 1 atom stereocenters. The van der Waals surface area contributed by atoms with Gasteiger partial charge in [0.15, 0.2) is 0 Å². The van der Waals surface area contributed by atoms with Crippen molar-refractivity contribution in [2.45, 2.75) is 57.8 Å². The molecule has 3 amide bonds. The van der Waals surface area contributed by atoms with E-state index in [9.17, 15) is 14.4 Å². The van der Waals surface area contributed by atoms with Gasteiger partial charge in [0.25, 0.3) is 5.91 Å². The van der Waals surface area contributed by atoms with Gasteiger partial charge in [0, 0.05) is 24.1 Å². The fourth-order valence-electron chi connectivity index (χ4n) is 6.15. The van der Waals surface area contributed by atoms with Gasteiger partial charge in [-0.1, -0.05) is 60.7 Å². The molecule has 2 saturated heterocycles. The number of hydrogen-bond donors (Lipinski definition) is 1. The van der Waals surface area contributed by atoms with E-state index in [2.05, 4.69) is 64.8 Å². The molecule has 40 heavy (non-hydrogen) atoms. The minimum Gasteiger partial charge on any atom is -0.489 e. The highest BCUT2D eigenvalue weighted by Crippen LogP contribution is 2.34. The Hall–Kier alpha value is -3.97. The Bertz CT molecular complexity index is 1380. The number of piperidine rings is 2. The standard InChI is InChI=1S/C33H35N3O4/c37-31-14-13-29(32(38)34-31)36-21-28-27(33(36)39)7-4-8-30(28)40-22-26-11-9-25(10-12-26)20-35-17-15-24(16-18-35)19-23-5-2-1-3-6-23/h1-12,24,29H,13-22H2,(H,34,37,38). The zero-order valence-corrected chi connectivity index (χ0v) is 22.7. The van der Waals surface area contributed by atoms with E-state index >= 15 is 0 Å². The Morgan fingerprint density at radius 2 is 1.55 bits per heavy atom. The van der Waals surface area contributed by atoms with Gasteiger partial charge < -0.3 is 9.64 Å². The number of nitrogens with zero attached hydrogens (tertiary/aromatic N) is 2. The molecule has 0 aliphatic carbocycles. The highest BCUT2D eigenvalue weighted by molar-refractivity contribution is 6.05. The summed E-state index contributed by atoms with van der Waals surface area (Å²) in [6, 6.07) is 24.2. The number of ether oxygens (including phenoxy) is 1. The minimum atomic E-state index is -0.632. The Kier molecular flexibility index (Phi) is 7.64. The maximum atomic E-state index is 13.1. The lowest BCUT2D eigenvalue weighted by Gasteiger charge is -2.32. The summed E-state index contributed by atoms with van der Waals surface area (Å²) >= 11 is 0. The van der Waals surface area contributed by atoms with Crippen LogP contribution in [0.15, 0.2) is 72.8 Å². The molecular formula is C33H35N3O4. The third kappa shape index (κ3) is 5.80. The van der Waals surface area contributed by atoms with Crippen molar-refractivity contribution in [3.05, 3.63) is 101 Å². The number of fused-ring (bicyclic) bond motifs is 1. The van der Waals surface area contributed by atoms with Gasteiger partial charge in [-0.25, -0.2) is 0 Å². The SMILES string of the molecule is O=C1CCC(N2Cc3c(OCc4ccc(CN5CCC(Cc6ccccc6)CC5)cc4)cccc3C2=O)C(=O)N1. The largest absolute Gasteiger partial charge is 0.489 e. The van der Waals surface area contributed by atoms with E-state index in [0.29, 0.717) is 30.9 Å². The van der Waals surface area contributed by atoms with Crippen molar-refractivity contribution in [3.8, 4) is 5.75 Å². The molecule has 0 saturated carbocycles. The highest BCUT2D eigenvalue weighted by Gasteiger charge is 2.40. The second kappa shape index (κ2) is 11.6. The van der Waals surface area contributed by atoms with Crippen LogP contribution in [0.2, 0.25) is 0 Å². The van der Waals surface area contributed by atoms with Crippen LogP contribution in [-0.2, 0) is 35.7 Å². The average molecular weight is 538 g/mol. The monoisotopic (exact) mass is 537 g/mol. The van der Waals surface area contributed by atoms with Gasteiger partial charge in [0.2, 0.25) is 11.8 Å². The number of rotatable bonds is 8. The summed E-state index contributed by atoms with van der Waals surface area (Å²) in [6.45, 7) is 3.93. The van der Waals surface area contributed by atoms with Crippen molar-refractivity contribution in [2.75, 3.05) is 13.1 Å². The first kappa shape index (κ1) is 26.3. The summed E-state index contributed by atoms with van der Waals surface area (Å²) < 4.78 is 6.17. The summed E-state index contributed by atoms with van der Waals surface area (Å²) in [7, 11) is 0. The summed E-state index contributed by atoms with van der Waals surface area (Å²) in [4.78, 5) is 41.1. The van der Waals surface area contributed by atoms with Gasteiger partial charge in [-0.2, -0.15) is 0 Å². The van der Waals surface area contributed by atoms with Crippen molar-refractivity contribution in [2.24, 2.45) is 5.92 Å². The minimum absolute atomic E-state index is 0.191. The van der Waals surface area contributed by atoms with Gasteiger partial charge >= 0.3 is 0 Å². The smallest absolute Gasteiger partial charge is 0.255 e. The maximum absolute atomic E-state index is 13.1. The van der Waals surface area contributed by atoms with Crippen LogP contribution in [0.1, 0.15) is 58.3 Å². The summed E-state index contributed by atoms with van der Waals surface area (Å²) in [5.41, 5.74) is 5.16. The van der Waals surface area contributed by atoms with Crippen LogP contribution in [0.25, 0.3) is 0 Å².